The fourth-order valence-electron chi connectivity index (χ4n) is 2.52. The van der Waals surface area contributed by atoms with E-state index in [4.69, 9.17) is 5.26 Å². The molecule has 2 aromatic rings. The summed E-state index contributed by atoms with van der Waals surface area (Å²) in [5.41, 5.74) is 2.19. The zero-order valence-electron chi connectivity index (χ0n) is 11.6. The monoisotopic (exact) mass is 276 g/mol. The molecule has 1 aliphatic rings. The molecular formula is C18H16N2O. The van der Waals surface area contributed by atoms with Gasteiger partial charge in [-0.3, -0.25) is 4.79 Å². The van der Waals surface area contributed by atoms with E-state index >= 15 is 0 Å². The topological polar surface area (TPSA) is 52.9 Å². The Bertz CT molecular complexity index is 684. The van der Waals surface area contributed by atoms with Gasteiger partial charge in [0.05, 0.1) is 17.7 Å². The van der Waals surface area contributed by atoms with Crippen LogP contribution in [0.25, 0.3) is 0 Å². The quantitative estimate of drug-likeness (QED) is 0.930. The minimum Gasteiger partial charge on any atom is -0.345 e. The molecular weight excluding hydrogens is 260 g/mol. The number of hydrogen-bond acceptors (Lipinski definition) is 2. The van der Waals surface area contributed by atoms with Crippen LogP contribution in [-0.4, -0.2) is 5.91 Å². The van der Waals surface area contributed by atoms with Crippen LogP contribution in [0.3, 0.4) is 0 Å². The fourth-order valence-corrected chi connectivity index (χ4v) is 2.52. The molecule has 1 saturated carbocycles. The standard InChI is InChI=1S/C18H16N2O/c19-12-13-5-4-8-16(11-13)18(21)20-17(15-9-10-15)14-6-2-1-3-7-14/h1-8,11,15,17H,9-10H2,(H,20,21)/t17-/m0/s1. The van der Waals surface area contributed by atoms with Gasteiger partial charge in [-0.15, -0.1) is 0 Å². The van der Waals surface area contributed by atoms with Crippen molar-refractivity contribution in [2.45, 2.75) is 18.9 Å². The minimum atomic E-state index is -0.118. The van der Waals surface area contributed by atoms with Crippen molar-refractivity contribution in [2.24, 2.45) is 5.92 Å². The summed E-state index contributed by atoms with van der Waals surface area (Å²) in [5, 5.41) is 12.0. The summed E-state index contributed by atoms with van der Waals surface area (Å²) in [4.78, 5) is 12.4. The summed E-state index contributed by atoms with van der Waals surface area (Å²) in [6.45, 7) is 0. The van der Waals surface area contributed by atoms with Gasteiger partial charge in [0.25, 0.3) is 5.91 Å². The normalized spacial score (nSPS) is 15.0. The molecule has 1 N–H and O–H groups in total. The van der Waals surface area contributed by atoms with Crippen molar-refractivity contribution in [1.82, 2.24) is 5.32 Å². The molecule has 0 unspecified atom stereocenters. The fraction of sp³-hybridized carbons (Fsp3) is 0.222. The van der Waals surface area contributed by atoms with Gasteiger partial charge >= 0.3 is 0 Å². The molecule has 1 atom stereocenters. The highest BCUT2D eigenvalue weighted by molar-refractivity contribution is 5.94. The summed E-state index contributed by atoms with van der Waals surface area (Å²) in [6.07, 6.45) is 2.30. The van der Waals surface area contributed by atoms with E-state index in [1.165, 1.54) is 0 Å². The number of carbonyl (C=O) groups excluding carboxylic acids is 1. The van der Waals surface area contributed by atoms with Crippen LogP contribution in [0, 0.1) is 17.2 Å². The summed E-state index contributed by atoms with van der Waals surface area (Å²) in [5.74, 6) is 0.406. The summed E-state index contributed by atoms with van der Waals surface area (Å²) in [7, 11) is 0. The second kappa shape index (κ2) is 5.80. The molecule has 0 aromatic heterocycles. The molecule has 21 heavy (non-hydrogen) atoms. The van der Waals surface area contributed by atoms with E-state index in [-0.39, 0.29) is 11.9 Å². The Labute approximate surface area is 124 Å². The van der Waals surface area contributed by atoms with Gasteiger partial charge in [0.1, 0.15) is 0 Å². The molecule has 0 spiro atoms. The van der Waals surface area contributed by atoms with E-state index in [0.717, 1.165) is 18.4 Å². The molecule has 0 bridgehead atoms. The van der Waals surface area contributed by atoms with Crippen molar-refractivity contribution < 1.29 is 4.79 Å². The lowest BCUT2D eigenvalue weighted by Crippen LogP contribution is -2.29. The first-order valence-corrected chi connectivity index (χ1v) is 7.14. The van der Waals surface area contributed by atoms with Gasteiger partial charge in [-0.1, -0.05) is 36.4 Å². The summed E-state index contributed by atoms with van der Waals surface area (Å²) in [6, 6.07) is 19.0. The molecule has 3 rings (SSSR count). The first-order chi connectivity index (χ1) is 10.3. The van der Waals surface area contributed by atoms with Crippen LogP contribution in [-0.2, 0) is 0 Å². The lowest BCUT2D eigenvalue weighted by atomic mass is 10.0. The average Bonchev–Trinajstić information content (AvgIpc) is 3.38. The predicted molar refractivity (Wildman–Crippen MR) is 80.5 cm³/mol. The zero-order valence-corrected chi connectivity index (χ0v) is 11.6. The molecule has 1 aliphatic carbocycles. The second-order valence-corrected chi connectivity index (χ2v) is 5.39. The van der Waals surface area contributed by atoms with Gasteiger partial charge in [-0.25, -0.2) is 0 Å². The highest BCUT2D eigenvalue weighted by atomic mass is 16.1. The molecule has 0 radical (unpaired) electrons. The summed E-state index contributed by atoms with van der Waals surface area (Å²) < 4.78 is 0. The van der Waals surface area contributed by atoms with Crippen molar-refractivity contribution in [3.63, 3.8) is 0 Å². The van der Waals surface area contributed by atoms with E-state index in [1.807, 2.05) is 18.2 Å². The highest BCUT2D eigenvalue weighted by Crippen LogP contribution is 2.41. The SMILES string of the molecule is N#Cc1cccc(C(=O)N[C@@H](c2ccccc2)C2CC2)c1. The Morgan fingerprint density at radius 3 is 2.57 bits per heavy atom. The molecule has 3 heteroatoms. The molecule has 0 aliphatic heterocycles. The number of nitriles is 1. The van der Waals surface area contributed by atoms with Crippen molar-refractivity contribution in [3.8, 4) is 6.07 Å². The first-order valence-electron chi connectivity index (χ1n) is 7.14. The smallest absolute Gasteiger partial charge is 0.251 e. The molecule has 0 heterocycles. The summed E-state index contributed by atoms with van der Waals surface area (Å²) >= 11 is 0. The maximum atomic E-state index is 12.4. The maximum absolute atomic E-state index is 12.4. The van der Waals surface area contributed by atoms with E-state index in [1.54, 1.807) is 24.3 Å². The van der Waals surface area contributed by atoms with Gasteiger partial charge in [0.2, 0.25) is 0 Å². The van der Waals surface area contributed by atoms with E-state index in [0.29, 0.717) is 17.0 Å². The predicted octanol–water partition coefficient (Wildman–Crippen LogP) is 3.44. The van der Waals surface area contributed by atoms with Crippen LogP contribution in [0.4, 0.5) is 0 Å². The van der Waals surface area contributed by atoms with Crippen molar-refractivity contribution >= 4 is 5.91 Å². The van der Waals surface area contributed by atoms with Crippen LogP contribution in [0.5, 0.6) is 0 Å². The van der Waals surface area contributed by atoms with Gasteiger partial charge in [0.15, 0.2) is 0 Å². The van der Waals surface area contributed by atoms with Crippen LogP contribution < -0.4 is 5.32 Å². The molecule has 104 valence electrons. The first kappa shape index (κ1) is 13.4. The molecule has 1 amide bonds. The minimum absolute atomic E-state index is 0.0597. The Morgan fingerprint density at radius 2 is 1.90 bits per heavy atom. The largest absolute Gasteiger partial charge is 0.345 e. The average molecular weight is 276 g/mol. The lowest BCUT2D eigenvalue weighted by molar-refractivity contribution is 0.0931. The van der Waals surface area contributed by atoms with Crippen LogP contribution in [0.2, 0.25) is 0 Å². The number of benzene rings is 2. The Hall–Kier alpha value is -2.60. The Morgan fingerprint density at radius 1 is 1.14 bits per heavy atom. The van der Waals surface area contributed by atoms with E-state index in [2.05, 4.69) is 23.5 Å². The van der Waals surface area contributed by atoms with Gasteiger partial charge in [-0.2, -0.15) is 5.26 Å². The number of carbonyl (C=O) groups is 1. The third-order valence-corrected chi connectivity index (χ3v) is 3.79. The van der Waals surface area contributed by atoms with Crippen molar-refractivity contribution in [3.05, 3.63) is 71.3 Å². The molecule has 3 nitrogen and oxygen atoms in total. The second-order valence-electron chi connectivity index (χ2n) is 5.39. The number of nitrogens with one attached hydrogen (secondary N) is 1. The lowest BCUT2D eigenvalue weighted by Gasteiger charge is -2.19. The van der Waals surface area contributed by atoms with Gasteiger partial charge in [-0.05, 0) is 42.5 Å². The van der Waals surface area contributed by atoms with Crippen molar-refractivity contribution in [1.29, 1.82) is 5.26 Å². The number of rotatable bonds is 4. The van der Waals surface area contributed by atoms with Crippen LogP contribution in [0.1, 0.15) is 40.4 Å². The Kier molecular flexibility index (Phi) is 3.70. The van der Waals surface area contributed by atoms with Gasteiger partial charge in [0, 0.05) is 5.56 Å². The molecule has 1 fully saturated rings. The van der Waals surface area contributed by atoms with Crippen molar-refractivity contribution in [2.75, 3.05) is 0 Å². The zero-order chi connectivity index (χ0) is 14.7. The molecule has 0 saturated heterocycles. The number of hydrogen-bond donors (Lipinski definition) is 1. The number of amides is 1. The maximum Gasteiger partial charge on any atom is 0.251 e. The third kappa shape index (κ3) is 3.11. The van der Waals surface area contributed by atoms with Crippen LogP contribution in [0.15, 0.2) is 54.6 Å². The molecule has 2 aromatic carbocycles. The van der Waals surface area contributed by atoms with Gasteiger partial charge < -0.3 is 5.32 Å². The number of nitrogens with zero attached hydrogens (tertiary/aromatic N) is 1. The highest BCUT2D eigenvalue weighted by Gasteiger charge is 2.33. The van der Waals surface area contributed by atoms with Crippen LogP contribution >= 0.6 is 0 Å². The third-order valence-electron chi connectivity index (χ3n) is 3.79. The Balaban J connectivity index is 1.80. The van der Waals surface area contributed by atoms with E-state index in [9.17, 15) is 4.79 Å². The van der Waals surface area contributed by atoms with E-state index < -0.39 is 0 Å².